The van der Waals surface area contributed by atoms with Crippen LogP contribution in [0.15, 0.2) is 33.8 Å². The minimum absolute atomic E-state index is 0.0231. The van der Waals surface area contributed by atoms with E-state index in [-0.39, 0.29) is 29.9 Å². The number of hydrogen-bond donors (Lipinski definition) is 1. The van der Waals surface area contributed by atoms with Crippen molar-refractivity contribution in [3.8, 4) is 11.5 Å². The molecule has 1 aliphatic carbocycles. The third-order valence-corrected chi connectivity index (χ3v) is 4.06. The van der Waals surface area contributed by atoms with Crippen LogP contribution < -0.4 is 5.73 Å². The molecule has 0 radical (unpaired) electrons. The molecule has 0 amide bonds. The Morgan fingerprint density at radius 2 is 1.96 bits per heavy atom. The second-order valence-corrected chi connectivity index (χ2v) is 5.82. The molecule has 134 valence electrons. The predicted octanol–water partition coefficient (Wildman–Crippen LogP) is 3.73. The van der Waals surface area contributed by atoms with Gasteiger partial charge >= 0.3 is 6.18 Å². The van der Waals surface area contributed by atoms with Crippen molar-refractivity contribution < 1.29 is 22.4 Å². The van der Waals surface area contributed by atoms with Gasteiger partial charge in [-0.1, -0.05) is 30.1 Å². The lowest BCUT2D eigenvalue weighted by Gasteiger charge is -2.09. The molecule has 9 heteroatoms. The van der Waals surface area contributed by atoms with Crippen molar-refractivity contribution in [3.05, 3.63) is 35.7 Å². The molecule has 6 nitrogen and oxygen atoms in total. The van der Waals surface area contributed by atoms with Crippen LogP contribution in [0.2, 0.25) is 0 Å². The topological polar surface area (TPSA) is 86.5 Å². The summed E-state index contributed by atoms with van der Waals surface area (Å²) in [5, 5.41) is 11.2. The summed E-state index contributed by atoms with van der Waals surface area (Å²) in [6.45, 7) is -0.158. The first-order valence-electron chi connectivity index (χ1n) is 7.89. The Balaban J connectivity index is 1.68. The summed E-state index contributed by atoms with van der Waals surface area (Å²) < 4.78 is 44.4. The first-order chi connectivity index (χ1) is 11.9. The largest absolute Gasteiger partial charge is 0.417 e. The molecular weight excluding hydrogens is 337 g/mol. The van der Waals surface area contributed by atoms with Crippen LogP contribution in [0.25, 0.3) is 11.5 Å². The predicted molar refractivity (Wildman–Crippen MR) is 83.1 cm³/mol. The van der Waals surface area contributed by atoms with Gasteiger partial charge in [0.1, 0.15) is 5.84 Å². The van der Waals surface area contributed by atoms with E-state index in [2.05, 4.69) is 15.4 Å². The van der Waals surface area contributed by atoms with Gasteiger partial charge < -0.3 is 15.0 Å². The fraction of sp³-hybridized carbons (Fsp3) is 0.438. The standard InChI is InChI=1S/C16H17F3N4O2/c17-16(18,19)12-8-4-3-7-11(12)15-22-21-13(25-15)9-24-23-14(20)10-5-1-2-6-10/h3-4,7-8,10H,1-2,5-6,9H2,(H2,20,23). The molecule has 2 N–H and O–H groups in total. The van der Waals surface area contributed by atoms with E-state index >= 15 is 0 Å². The normalized spacial score (nSPS) is 16.4. The Labute approximate surface area is 141 Å². The molecular formula is C16H17F3N4O2. The van der Waals surface area contributed by atoms with Gasteiger partial charge in [0.25, 0.3) is 5.89 Å². The van der Waals surface area contributed by atoms with E-state index in [9.17, 15) is 13.2 Å². The second kappa shape index (κ2) is 7.12. The lowest BCUT2D eigenvalue weighted by molar-refractivity contribution is -0.137. The molecule has 0 bridgehead atoms. The minimum atomic E-state index is -4.51. The highest BCUT2D eigenvalue weighted by atomic mass is 19.4. The lowest BCUT2D eigenvalue weighted by Crippen LogP contribution is -2.21. The van der Waals surface area contributed by atoms with Crippen molar-refractivity contribution in [2.75, 3.05) is 0 Å². The molecule has 0 aliphatic heterocycles. The van der Waals surface area contributed by atoms with Crippen molar-refractivity contribution in [1.29, 1.82) is 0 Å². The summed E-state index contributed by atoms with van der Waals surface area (Å²) in [4.78, 5) is 5.09. The van der Waals surface area contributed by atoms with Crippen molar-refractivity contribution in [3.63, 3.8) is 0 Å². The Kier molecular flexibility index (Phi) is 4.91. The van der Waals surface area contributed by atoms with E-state index in [1.54, 1.807) is 0 Å². The van der Waals surface area contributed by atoms with E-state index in [0.29, 0.717) is 5.84 Å². The molecule has 3 rings (SSSR count). The van der Waals surface area contributed by atoms with Gasteiger partial charge in [0.05, 0.1) is 11.1 Å². The summed E-state index contributed by atoms with van der Waals surface area (Å²) in [6.07, 6.45) is -0.309. The molecule has 1 heterocycles. The highest BCUT2D eigenvalue weighted by Crippen LogP contribution is 2.36. The van der Waals surface area contributed by atoms with Crippen LogP contribution in [0.4, 0.5) is 13.2 Å². The number of benzene rings is 1. The fourth-order valence-electron chi connectivity index (χ4n) is 2.80. The maximum absolute atomic E-state index is 13.0. The monoisotopic (exact) mass is 354 g/mol. The van der Waals surface area contributed by atoms with Gasteiger partial charge in [-0.05, 0) is 25.0 Å². The molecule has 0 unspecified atom stereocenters. The summed E-state index contributed by atoms with van der Waals surface area (Å²) >= 11 is 0. The second-order valence-electron chi connectivity index (χ2n) is 5.82. The zero-order valence-electron chi connectivity index (χ0n) is 13.3. The van der Waals surface area contributed by atoms with E-state index in [4.69, 9.17) is 15.0 Å². The summed E-state index contributed by atoms with van der Waals surface area (Å²) in [5.41, 5.74) is 4.82. The SMILES string of the molecule is NC(=NOCc1nnc(-c2ccccc2C(F)(F)F)o1)C1CCCC1. The minimum Gasteiger partial charge on any atom is -0.417 e. The highest BCUT2D eigenvalue weighted by molar-refractivity contribution is 5.82. The maximum atomic E-state index is 13.0. The van der Waals surface area contributed by atoms with Crippen LogP contribution in [0.5, 0.6) is 0 Å². The van der Waals surface area contributed by atoms with Crippen LogP contribution in [0.1, 0.15) is 37.1 Å². The summed E-state index contributed by atoms with van der Waals surface area (Å²) in [5.74, 6) is 0.436. The molecule has 1 aliphatic rings. The van der Waals surface area contributed by atoms with Gasteiger partial charge in [-0.25, -0.2) is 0 Å². The average molecular weight is 354 g/mol. The number of hydrogen-bond acceptors (Lipinski definition) is 5. The van der Waals surface area contributed by atoms with Gasteiger partial charge in [0.2, 0.25) is 5.89 Å². The number of amidine groups is 1. The van der Waals surface area contributed by atoms with Gasteiger partial charge in [-0.3, -0.25) is 0 Å². The molecule has 25 heavy (non-hydrogen) atoms. The maximum Gasteiger partial charge on any atom is 0.417 e. The Morgan fingerprint density at radius 3 is 2.68 bits per heavy atom. The van der Waals surface area contributed by atoms with Crippen molar-refractivity contribution in [2.45, 2.75) is 38.5 Å². The zero-order chi connectivity index (χ0) is 17.9. The number of nitrogens with two attached hydrogens (primary N) is 1. The van der Waals surface area contributed by atoms with Crippen LogP contribution in [0, 0.1) is 5.92 Å². The molecule has 2 aromatic rings. The van der Waals surface area contributed by atoms with Gasteiger partial charge in [0, 0.05) is 5.92 Å². The average Bonchev–Trinajstić information content (AvgIpc) is 3.26. The van der Waals surface area contributed by atoms with Crippen LogP contribution >= 0.6 is 0 Å². The van der Waals surface area contributed by atoms with Gasteiger partial charge in [-0.2, -0.15) is 13.2 Å². The molecule has 1 saturated carbocycles. The number of aromatic nitrogens is 2. The molecule has 0 atom stereocenters. The Hall–Kier alpha value is -2.58. The first kappa shape index (κ1) is 17.2. The van der Waals surface area contributed by atoms with Crippen molar-refractivity contribution >= 4 is 5.84 Å². The molecule has 1 aromatic carbocycles. The van der Waals surface area contributed by atoms with Gasteiger partial charge in [0.15, 0.2) is 6.61 Å². The number of rotatable bonds is 5. The van der Waals surface area contributed by atoms with Crippen LogP contribution in [-0.4, -0.2) is 16.0 Å². The molecule has 1 fully saturated rings. The zero-order valence-corrected chi connectivity index (χ0v) is 13.3. The number of alkyl halides is 3. The van der Waals surface area contributed by atoms with Crippen molar-refractivity contribution in [1.82, 2.24) is 10.2 Å². The molecule has 1 aromatic heterocycles. The van der Waals surface area contributed by atoms with E-state index in [1.807, 2.05) is 0 Å². The van der Waals surface area contributed by atoms with E-state index in [0.717, 1.165) is 31.7 Å². The van der Waals surface area contributed by atoms with E-state index < -0.39 is 11.7 Å². The quantitative estimate of drug-likeness (QED) is 0.502. The number of nitrogens with zero attached hydrogens (tertiary/aromatic N) is 3. The van der Waals surface area contributed by atoms with Crippen LogP contribution in [-0.2, 0) is 17.6 Å². The van der Waals surface area contributed by atoms with Crippen molar-refractivity contribution in [2.24, 2.45) is 16.8 Å². The highest BCUT2D eigenvalue weighted by Gasteiger charge is 2.34. The first-order valence-corrected chi connectivity index (χ1v) is 7.89. The smallest absolute Gasteiger partial charge is 0.417 e. The third kappa shape index (κ3) is 4.09. The summed E-state index contributed by atoms with van der Waals surface area (Å²) in [6, 6.07) is 5.00. The number of oxime groups is 1. The number of halogens is 3. The van der Waals surface area contributed by atoms with Crippen LogP contribution in [0.3, 0.4) is 0 Å². The molecule has 0 saturated heterocycles. The third-order valence-electron chi connectivity index (χ3n) is 4.06. The van der Waals surface area contributed by atoms with Gasteiger partial charge in [-0.15, -0.1) is 10.2 Å². The Morgan fingerprint density at radius 1 is 1.24 bits per heavy atom. The summed E-state index contributed by atoms with van der Waals surface area (Å²) in [7, 11) is 0. The van der Waals surface area contributed by atoms with E-state index in [1.165, 1.54) is 18.2 Å². The Bertz CT molecular complexity index is 752. The fourth-order valence-corrected chi connectivity index (χ4v) is 2.80. The molecule has 0 spiro atoms. The lowest BCUT2D eigenvalue weighted by atomic mass is 10.1.